The molecular weight excluding hydrogens is 390 g/mol. The van der Waals surface area contributed by atoms with E-state index in [4.69, 9.17) is 4.74 Å². The van der Waals surface area contributed by atoms with E-state index in [2.05, 4.69) is 102 Å². The highest BCUT2D eigenvalue weighted by molar-refractivity contribution is 6.15. The van der Waals surface area contributed by atoms with Gasteiger partial charge < -0.3 is 9.72 Å². The van der Waals surface area contributed by atoms with E-state index in [-0.39, 0.29) is 12.0 Å². The van der Waals surface area contributed by atoms with Crippen LogP contribution in [0.1, 0.15) is 28.8 Å². The predicted octanol–water partition coefficient (Wildman–Crippen LogP) is 7.72. The monoisotopic (exact) mass is 409 g/mol. The van der Waals surface area contributed by atoms with Crippen LogP contribution in [-0.2, 0) is 0 Å². The van der Waals surface area contributed by atoms with Crippen molar-refractivity contribution in [3.8, 4) is 16.9 Å². The molecule has 0 fully saturated rings. The minimum Gasteiger partial charge on any atom is -0.484 e. The topological polar surface area (TPSA) is 25.0 Å². The van der Waals surface area contributed by atoms with Crippen LogP contribution in [0, 0.1) is 0 Å². The molecule has 1 aromatic heterocycles. The highest BCUT2D eigenvalue weighted by atomic mass is 16.5. The lowest BCUT2D eigenvalue weighted by Crippen LogP contribution is -2.17. The van der Waals surface area contributed by atoms with Gasteiger partial charge in [-0.1, -0.05) is 91.0 Å². The maximum atomic E-state index is 6.77. The van der Waals surface area contributed by atoms with Crippen molar-refractivity contribution < 1.29 is 4.74 Å². The van der Waals surface area contributed by atoms with Crippen molar-refractivity contribution in [3.63, 3.8) is 0 Å². The number of benzene rings is 5. The Morgan fingerprint density at radius 2 is 1.34 bits per heavy atom. The predicted molar refractivity (Wildman–Crippen MR) is 130 cm³/mol. The first-order valence-corrected chi connectivity index (χ1v) is 11.2. The summed E-state index contributed by atoms with van der Waals surface area (Å²) in [4.78, 5) is 3.83. The third-order valence-corrected chi connectivity index (χ3v) is 7.36. The zero-order valence-electron chi connectivity index (χ0n) is 17.3. The Morgan fingerprint density at radius 1 is 0.625 bits per heavy atom. The first kappa shape index (κ1) is 16.6. The van der Waals surface area contributed by atoms with E-state index in [0.29, 0.717) is 0 Å². The lowest BCUT2D eigenvalue weighted by molar-refractivity contribution is 0.222. The number of fused-ring (bicyclic) bond motifs is 14. The first-order valence-electron chi connectivity index (χ1n) is 11.2. The van der Waals surface area contributed by atoms with Crippen molar-refractivity contribution in [2.24, 2.45) is 0 Å². The van der Waals surface area contributed by atoms with Crippen LogP contribution in [-0.4, -0.2) is 4.98 Å². The molecule has 32 heavy (non-hydrogen) atoms. The van der Waals surface area contributed by atoms with Crippen LogP contribution in [0.5, 0.6) is 5.75 Å². The molecule has 1 aliphatic carbocycles. The summed E-state index contributed by atoms with van der Waals surface area (Å²) in [5.74, 6) is 1.19. The molecule has 5 aromatic carbocycles. The number of hydrogen-bond donors (Lipinski definition) is 1. The first-order chi connectivity index (χ1) is 15.9. The van der Waals surface area contributed by atoms with Gasteiger partial charge in [0.25, 0.3) is 0 Å². The summed E-state index contributed by atoms with van der Waals surface area (Å²) in [6, 6.07) is 34.9. The zero-order chi connectivity index (χ0) is 20.8. The van der Waals surface area contributed by atoms with E-state index >= 15 is 0 Å². The Balaban J connectivity index is 1.52. The quantitative estimate of drug-likeness (QED) is 0.273. The van der Waals surface area contributed by atoms with Crippen molar-refractivity contribution in [3.05, 3.63) is 114 Å². The molecule has 0 saturated heterocycles. The van der Waals surface area contributed by atoms with E-state index in [9.17, 15) is 0 Å². The van der Waals surface area contributed by atoms with Crippen molar-refractivity contribution in [2.45, 2.75) is 12.0 Å². The van der Waals surface area contributed by atoms with Crippen LogP contribution in [0.15, 0.2) is 97.1 Å². The molecule has 2 heterocycles. The molecule has 0 bridgehead atoms. The molecular formula is C30H19NO. The summed E-state index contributed by atoms with van der Waals surface area (Å²) in [6.45, 7) is 0. The molecule has 0 saturated carbocycles. The summed E-state index contributed by atoms with van der Waals surface area (Å²) in [7, 11) is 0. The standard InChI is InChI=1S/C30H19NO/c1-3-9-19-17(7-1)14-16-24-25(19)26-21-11-5-6-12-22(21)30-27(28(26)31-24)23-15-13-18-8-2-4-10-20(18)29(23)32-30/h1-16,27,30-31H. The third kappa shape index (κ3) is 1.95. The molecule has 0 amide bonds. The molecule has 1 N–H and O–H groups in total. The normalized spacial score (nSPS) is 18.2. The van der Waals surface area contributed by atoms with Crippen molar-refractivity contribution in [1.29, 1.82) is 0 Å². The number of nitrogens with one attached hydrogen (secondary N) is 1. The number of rotatable bonds is 0. The van der Waals surface area contributed by atoms with Gasteiger partial charge in [0.2, 0.25) is 0 Å². The second-order valence-corrected chi connectivity index (χ2v) is 8.93. The Labute approximate surface area is 185 Å². The van der Waals surface area contributed by atoms with Gasteiger partial charge in [0.1, 0.15) is 11.9 Å². The molecule has 1 aliphatic heterocycles. The summed E-state index contributed by atoms with van der Waals surface area (Å²) < 4.78 is 6.77. The minimum atomic E-state index is -0.0150. The van der Waals surface area contributed by atoms with Gasteiger partial charge in [-0.3, -0.25) is 0 Å². The number of aromatic amines is 1. The van der Waals surface area contributed by atoms with Gasteiger partial charge in [0.15, 0.2) is 0 Å². The van der Waals surface area contributed by atoms with Crippen molar-refractivity contribution in [2.75, 3.05) is 0 Å². The van der Waals surface area contributed by atoms with Crippen LogP contribution in [0.25, 0.3) is 43.6 Å². The molecule has 0 radical (unpaired) electrons. The van der Waals surface area contributed by atoms with E-state index in [0.717, 1.165) is 5.75 Å². The van der Waals surface area contributed by atoms with Crippen LogP contribution in [0.2, 0.25) is 0 Å². The second-order valence-electron chi connectivity index (χ2n) is 8.93. The number of H-pyrrole nitrogens is 1. The van der Waals surface area contributed by atoms with Crippen LogP contribution >= 0.6 is 0 Å². The molecule has 2 atom stereocenters. The highest BCUT2D eigenvalue weighted by Gasteiger charge is 2.44. The minimum absolute atomic E-state index is 0.0150. The molecule has 0 spiro atoms. The maximum Gasteiger partial charge on any atom is 0.137 e. The zero-order valence-corrected chi connectivity index (χ0v) is 17.3. The molecule has 8 rings (SSSR count). The van der Waals surface area contributed by atoms with Crippen LogP contribution < -0.4 is 4.74 Å². The van der Waals surface area contributed by atoms with Crippen molar-refractivity contribution >= 4 is 32.4 Å². The fraction of sp³-hybridized carbons (Fsp3) is 0.0667. The Hall–Kier alpha value is -4.04. The Kier molecular flexibility index (Phi) is 3.01. The van der Waals surface area contributed by atoms with Crippen molar-refractivity contribution in [1.82, 2.24) is 4.98 Å². The molecule has 6 aromatic rings. The van der Waals surface area contributed by atoms with Gasteiger partial charge in [-0.05, 0) is 27.8 Å². The van der Waals surface area contributed by atoms with Gasteiger partial charge in [0, 0.05) is 38.7 Å². The lowest BCUT2D eigenvalue weighted by Gasteiger charge is -2.28. The lowest BCUT2D eigenvalue weighted by atomic mass is 9.77. The number of ether oxygens (including phenoxy) is 1. The molecule has 150 valence electrons. The highest BCUT2D eigenvalue weighted by Crippen LogP contribution is 2.59. The maximum absolute atomic E-state index is 6.77. The van der Waals surface area contributed by atoms with E-state index in [1.54, 1.807) is 0 Å². The summed E-state index contributed by atoms with van der Waals surface area (Å²) in [5.41, 5.74) is 7.63. The van der Waals surface area contributed by atoms with Crippen LogP contribution in [0.4, 0.5) is 0 Å². The van der Waals surface area contributed by atoms with Gasteiger partial charge in [-0.15, -0.1) is 0 Å². The van der Waals surface area contributed by atoms with Gasteiger partial charge in [0.05, 0.1) is 5.92 Å². The summed E-state index contributed by atoms with van der Waals surface area (Å²) >= 11 is 0. The largest absolute Gasteiger partial charge is 0.484 e. The number of hydrogen-bond acceptors (Lipinski definition) is 1. The Bertz CT molecular complexity index is 1720. The molecule has 2 nitrogen and oxygen atoms in total. The molecule has 2 heteroatoms. The average molecular weight is 409 g/mol. The third-order valence-electron chi connectivity index (χ3n) is 7.36. The summed E-state index contributed by atoms with van der Waals surface area (Å²) in [6.07, 6.45) is -0.0150. The van der Waals surface area contributed by atoms with Crippen LogP contribution in [0.3, 0.4) is 0 Å². The number of aromatic nitrogens is 1. The fourth-order valence-electron chi connectivity index (χ4n) is 6.02. The van der Waals surface area contributed by atoms with E-state index in [1.807, 2.05) is 0 Å². The molecule has 2 unspecified atom stereocenters. The average Bonchev–Trinajstić information content (AvgIpc) is 3.43. The summed E-state index contributed by atoms with van der Waals surface area (Å²) in [5, 5.41) is 6.31. The van der Waals surface area contributed by atoms with E-state index < -0.39 is 0 Å². The van der Waals surface area contributed by atoms with Gasteiger partial charge in [-0.25, -0.2) is 0 Å². The SMILES string of the molecule is c1ccc2c(c1)-c1c([nH]c3ccc4ccccc4c13)C1c3ccc4ccccc4c3OC21. The Morgan fingerprint density at radius 3 is 2.25 bits per heavy atom. The van der Waals surface area contributed by atoms with E-state index in [1.165, 1.54) is 60.4 Å². The smallest absolute Gasteiger partial charge is 0.137 e. The second kappa shape index (κ2) is 5.80. The van der Waals surface area contributed by atoms with Gasteiger partial charge >= 0.3 is 0 Å². The van der Waals surface area contributed by atoms with Gasteiger partial charge in [-0.2, -0.15) is 0 Å². The fourth-order valence-corrected chi connectivity index (χ4v) is 6.02. The molecule has 2 aliphatic rings.